The number of carboxylic acids is 1. The summed E-state index contributed by atoms with van der Waals surface area (Å²) >= 11 is 0. The quantitative estimate of drug-likeness (QED) is 0.340. The number of carbonyl (C=O) groups excluding carboxylic acids is 1. The largest absolute Gasteiger partial charge is 0.494 e. The molecule has 0 unspecified atom stereocenters. The van der Waals surface area contributed by atoms with E-state index in [0.29, 0.717) is 12.4 Å². The lowest BCUT2D eigenvalue weighted by molar-refractivity contribution is -0.138. The Balaban J connectivity index is 1.49. The summed E-state index contributed by atoms with van der Waals surface area (Å²) in [6, 6.07) is 12.2. The zero-order chi connectivity index (χ0) is 23.7. The van der Waals surface area contributed by atoms with Crippen molar-refractivity contribution in [2.24, 2.45) is 0 Å². The number of imidazole rings is 1. The third kappa shape index (κ3) is 7.16. The van der Waals surface area contributed by atoms with Gasteiger partial charge in [-0.2, -0.15) is 4.72 Å². The molecule has 0 saturated heterocycles. The fraction of sp³-hybridized carbons (Fsp3) is 0.227. The van der Waals surface area contributed by atoms with Crippen LogP contribution in [0.3, 0.4) is 0 Å². The number of nitrogens with zero attached hydrogens (tertiary/aromatic N) is 2. The molecule has 3 aromatic rings. The second-order valence-electron chi connectivity index (χ2n) is 7.06. The van der Waals surface area contributed by atoms with Crippen molar-refractivity contribution in [1.82, 2.24) is 19.6 Å². The molecule has 0 spiro atoms. The molecule has 1 aromatic heterocycles. The van der Waals surface area contributed by atoms with E-state index < -0.39 is 34.5 Å². The van der Waals surface area contributed by atoms with Crippen LogP contribution in [0.25, 0.3) is 0 Å². The monoisotopic (exact) mass is 472 g/mol. The van der Waals surface area contributed by atoms with Gasteiger partial charge in [0, 0.05) is 31.0 Å². The Morgan fingerprint density at radius 2 is 1.82 bits per heavy atom. The first-order chi connectivity index (χ1) is 15.8. The van der Waals surface area contributed by atoms with Gasteiger partial charge in [0.2, 0.25) is 10.0 Å². The minimum atomic E-state index is -4.05. The molecule has 0 saturated carbocycles. The molecule has 10 nitrogen and oxygen atoms in total. The first-order valence-corrected chi connectivity index (χ1v) is 11.6. The van der Waals surface area contributed by atoms with Crippen LogP contribution >= 0.6 is 0 Å². The van der Waals surface area contributed by atoms with Crippen LogP contribution in [0.15, 0.2) is 78.2 Å². The lowest BCUT2D eigenvalue weighted by atomic mass is 10.2. The fourth-order valence-electron chi connectivity index (χ4n) is 2.89. The number of hydrogen-bond donors (Lipinski definition) is 3. The number of hydrogen-bond acceptors (Lipinski definition) is 6. The van der Waals surface area contributed by atoms with E-state index >= 15 is 0 Å². The van der Waals surface area contributed by atoms with Crippen LogP contribution in [0, 0.1) is 0 Å². The summed E-state index contributed by atoms with van der Waals surface area (Å²) in [5.74, 6) is -1.35. The lowest BCUT2D eigenvalue weighted by Gasteiger charge is -2.16. The molecular weight excluding hydrogens is 448 g/mol. The number of aryl methyl sites for hydroxylation is 1. The number of sulfonamides is 1. The number of carbonyl (C=O) groups is 2. The Labute approximate surface area is 191 Å². The van der Waals surface area contributed by atoms with E-state index in [1.165, 1.54) is 24.3 Å². The van der Waals surface area contributed by atoms with Crippen LogP contribution in [0.4, 0.5) is 0 Å². The number of amides is 1. The van der Waals surface area contributed by atoms with Crippen LogP contribution < -0.4 is 14.8 Å². The molecule has 1 amide bonds. The number of nitrogens with one attached hydrogen (secondary N) is 2. The van der Waals surface area contributed by atoms with Gasteiger partial charge in [-0.3, -0.25) is 9.59 Å². The standard InChI is InChI=1S/C22H24N4O6S/c27-21(17-7-9-18(10-8-17)32-14-4-12-26-13-11-23-16-26)24-15-20(22(28)29)25-33(30,31)19-5-2-1-3-6-19/h1-3,5-11,13,16,20,25H,4,12,14-15H2,(H,24,27)(H,28,29)/t20-/m0/s1. The van der Waals surface area contributed by atoms with Gasteiger partial charge in [0.25, 0.3) is 5.91 Å². The summed E-state index contributed by atoms with van der Waals surface area (Å²) in [5.41, 5.74) is 0.288. The molecule has 3 rings (SSSR count). The van der Waals surface area contributed by atoms with Gasteiger partial charge in [-0.1, -0.05) is 18.2 Å². The average molecular weight is 473 g/mol. The summed E-state index contributed by atoms with van der Waals surface area (Å²) in [7, 11) is -4.05. The first kappa shape index (κ1) is 24.0. The van der Waals surface area contributed by atoms with Gasteiger partial charge in [0.1, 0.15) is 11.8 Å². The second kappa shape index (κ2) is 11.2. The Hall–Kier alpha value is -3.70. The number of carboxylic acid groups (broad SMARTS) is 1. The van der Waals surface area contributed by atoms with Gasteiger partial charge in [0.15, 0.2) is 0 Å². The summed E-state index contributed by atoms with van der Waals surface area (Å²) in [6.45, 7) is 0.845. The Bertz CT molecular complexity index is 1150. The van der Waals surface area contributed by atoms with E-state index in [-0.39, 0.29) is 10.5 Å². The Morgan fingerprint density at radius 1 is 1.09 bits per heavy atom. The highest BCUT2D eigenvalue weighted by atomic mass is 32.2. The summed E-state index contributed by atoms with van der Waals surface area (Å²) in [5, 5.41) is 11.8. The van der Waals surface area contributed by atoms with Crippen molar-refractivity contribution in [2.75, 3.05) is 13.2 Å². The second-order valence-corrected chi connectivity index (χ2v) is 8.78. The number of ether oxygens (including phenoxy) is 1. The normalized spacial score (nSPS) is 12.1. The maximum absolute atomic E-state index is 12.4. The Morgan fingerprint density at radius 3 is 2.45 bits per heavy atom. The van der Waals surface area contributed by atoms with Crippen LogP contribution in [-0.2, 0) is 21.4 Å². The van der Waals surface area contributed by atoms with Crippen molar-refractivity contribution in [2.45, 2.75) is 23.9 Å². The molecular formula is C22H24N4O6S. The van der Waals surface area contributed by atoms with Crippen LogP contribution in [0.5, 0.6) is 5.75 Å². The highest BCUT2D eigenvalue weighted by Gasteiger charge is 2.26. The van der Waals surface area contributed by atoms with Gasteiger partial charge >= 0.3 is 5.97 Å². The number of rotatable bonds is 12. The predicted octanol–water partition coefficient (Wildman–Crippen LogP) is 1.51. The highest BCUT2D eigenvalue weighted by molar-refractivity contribution is 7.89. The zero-order valence-electron chi connectivity index (χ0n) is 17.6. The van der Waals surface area contributed by atoms with Crippen molar-refractivity contribution in [3.63, 3.8) is 0 Å². The molecule has 1 heterocycles. The number of aliphatic carboxylic acids is 1. The smallest absolute Gasteiger partial charge is 0.323 e. The van der Waals surface area contributed by atoms with Crippen molar-refractivity contribution >= 4 is 21.9 Å². The van der Waals surface area contributed by atoms with Crippen molar-refractivity contribution in [3.8, 4) is 5.75 Å². The van der Waals surface area contributed by atoms with Crippen molar-refractivity contribution < 1.29 is 27.9 Å². The molecule has 33 heavy (non-hydrogen) atoms. The molecule has 2 aromatic carbocycles. The van der Waals surface area contributed by atoms with E-state index in [9.17, 15) is 23.1 Å². The van der Waals surface area contributed by atoms with Crippen molar-refractivity contribution in [3.05, 3.63) is 78.9 Å². The number of aromatic nitrogens is 2. The molecule has 0 radical (unpaired) electrons. The molecule has 1 atom stereocenters. The molecule has 0 bridgehead atoms. The fourth-order valence-corrected chi connectivity index (χ4v) is 4.10. The summed E-state index contributed by atoms with van der Waals surface area (Å²) < 4.78 is 34.4. The van der Waals surface area contributed by atoms with E-state index in [1.807, 2.05) is 10.8 Å². The molecule has 0 aliphatic carbocycles. The van der Waals surface area contributed by atoms with Crippen LogP contribution in [0.1, 0.15) is 16.8 Å². The van der Waals surface area contributed by atoms with Gasteiger partial charge in [-0.25, -0.2) is 13.4 Å². The van der Waals surface area contributed by atoms with Crippen molar-refractivity contribution in [1.29, 1.82) is 0 Å². The lowest BCUT2D eigenvalue weighted by Crippen LogP contribution is -2.48. The van der Waals surface area contributed by atoms with Crippen LogP contribution in [-0.4, -0.2) is 54.1 Å². The first-order valence-electron chi connectivity index (χ1n) is 10.1. The van der Waals surface area contributed by atoms with E-state index in [1.54, 1.807) is 42.9 Å². The van der Waals surface area contributed by atoms with Crippen LogP contribution in [0.2, 0.25) is 0 Å². The maximum atomic E-state index is 12.4. The zero-order valence-corrected chi connectivity index (χ0v) is 18.4. The molecule has 11 heteroatoms. The third-order valence-electron chi connectivity index (χ3n) is 4.62. The minimum Gasteiger partial charge on any atom is -0.494 e. The average Bonchev–Trinajstić information content (AvgIpc) is 3.34. The molecule has 174 valence electrons. The van der Waals surface area contributed by atoms with Gasteiger partial charge in [-0.05, 0) is 42.8 Å². The topological polar surface area (TPSA) is 140 Å². The predicted molar refractivity (Wildman–Crippen MR) is 119 cm³/mol. The molecule has 0 fully saturated rings. The highest BCUT2D eigenvalue weighted by Crippen LogP contribution is 2.13. The van der Waals surface area contributed by atoms with E-state index in [2.05, 4.69) is 15.0 Å². The maximum Gasteiger partial charge on any atom is 0.323 e. The summed E-state index contributed by atoms with van der Waals surface area (Å²) in [6.07, 6.45) is 6.10. The van der Waals surface area contributed by atoms with E-state index in [4.69, 9.17) is 4.74 Å². The van der Waals surface area contributed by atoms with Gasteiger partial charge < -0.3 is 19.7 Å². The molecule has 0 aliphatic rings. The molecule has 3 N–H and O–H groups in total. The summed E-state index contributed by atoms with van der Waals surface area (Å²) in [4.78, 5) is 27.8. The number of benzene rings is 2. The van der Waals surface area contributed by atoms with Gasteiger partial charge in [-0.15, -0.1) is 0 Å². The van der Waals surface area contributed by atoms with Gasteiger partial charge in [0.05, 0.1) is 17.8 Å². The van der Waals surface area contributed by atoms with E-state index in [0.717, 1.165) is 13.0 Å². The SMILES string of the molecule is O=C(NC[C@H](NS(=O)(=O)c1ccccc1)C(=O)O)c1ccc(OCCCn2ccnc2)cc1. The molecule has 0 aliphatic heterocycles. The minimum absolute atomic E-state index is 0.0665. The Kier molecular flexibility index (Phi) is 8.17. The third-order valence-corrected chi connectivity index (χ3v) is 6.11.